The Labute approximate surface area is 251 Å². The van der Waals surface area contributed by atoms with Crippen molar-refractivity contribution in [3.05, 3.63) is 32.7 Å². The molecule has 1 unspecified atom stereocenters. The predicted octanol–water partition coefficient (Wildman–Crippen LogP) is 4.64. The zero-order chi connectivity index (χ0) is 29.3. The van der Waals surface area contributed by atoms with Crippen molar-refractivity contribution in [3.63, 3.8) is 0 Å². The summed E-state index contributed by atoms with van der Waals surface area (Å²) in [5.74, 6) is 0.528. The largest absolute Gasteiger partial charge is 0.444 e. The number of nitrogens with zero attached hydrogens (tertiary/aromatic N) is 7. The van der Waals surface area contributed by atoms with Crippen molar-refractivity contribution in [2.45, 2.75) is 76.4 Å². The molecule has 1 N–H and O–H groups in total. The third-order valence-corrected chi connectivity index (χ3v) is 9.62. The van der Waals surface area contributed by atoms with Crippen molar-refractivity contribution in [2.75, 3.05) is 18.6 Å². The van der Waals surface area contributed by atoms with Crippen molar-refractivity contribution in [3.8, 4) is 11.3 Å². The second-order valence-corrected chi connectivity index (χ2v) is 11.9. The zero-order valence-electron chi connectivity index (χ0n) is 23.6. The Kier molecular flexibility index (Phi) is 6.82. The Hall–Kier alpha value is -3.35. The minimum absolute atomic E-state index is 0.0706. The van der Waals surface area contributed by atoms with Crippen molar-refractivity contribution < 1.29 is 14.3 Å². The third kappa shape index (κ3) is 4.10. The first-order chi connectivity index (χ1) is 20.3. The highest BCUT2D eigenvalue weighted by Crippen LogP contribution is 2.43. The van der Waals surface area contributed by atoms with Gasteiger partial charge in [0, 0.05) is 45.3 Å². The average molecular weight is 616 g/mol. The van der Waals surface area contributed by atoms with Crippen molar-refractivity contribution >= 4 is 57.2 Å². The van der Waals surface area contributed by atoms with E-state index < -0.39 is 6.09 Å². The SMILES string of the molecule is CCn1nc2ccc(-c3nn(C4CCCCO4)c4nc(N5[C@H]6CC[C@@H]5[C@H](OC(=O)NC)C6)n(C)c(=O)c34)c(Cl)c2c1Cl. The van der Waals surface area contributed by atoms with Crippen LogP contribution < -0.4 is 15.8 Å². The van der Waals surface area contributed by atoms with Crippen LogP contribution in [-0.4, -0.2) is 67.0 Å². The highest BCUT2D eigenvalue weighted by Gasteiger charge is 2.50. The number of aromatic nitrogens is 6. The van der Waals surface area contributed by atoms with Crippen molar-refractivity contribution in [2.24, 2.45) is 7.05 Å². The first-order valence-electron chi connectivity index (χ1n) is 14.4. The van der Waals surface area contributed by atoms with E-state index in [0.29, 0.717) is 68.9 Å². The van der Waals surface area contributed by atoms with Gasteiger partial charge in [-0.15, -0.1) is 0 Å². The number of benzene rings is 1. The minimum Gasteiger partial charge on any atom is -0.444 e. The topological polar surface area (TPSA) is 121 Å². The molecule has 6 heterocycles. The summed E-state index contributed by atoms with van der Waals surface area (Å²) < 4.78 is 16.8. The molecular weight excluding hydrogens is 583 g/mol. The van der Waals surface area contributed by atoms with Crippen molar-refractivity contribution in [1.82, 2.24) is 34.4 Å². The molecule has 14 heteroatoms. The smallest absolute Gasteiger partial charge is 0.407 e. The molecule has 3 aliphatic rings. The number of hydrogen-bond acceptors (Lipinski definition) is 8. The van der Waals surface area contributed by atoms with Gasteiger partial charge in [0.1, 0.15) is 22.3 Å². The number of alkyl carbamates (subject to hydrolysis) is 1. The van der Waals surface area contributed by atoms with Gasteiger partial charge in [0.25, 0.3) is 5.56 Å². The molecule has 3 fully saturated rings. The van der Waals surface area contributed by atoms with Crippen LogP contribution in [-0.2, 0) is 23.1 Å². The summed E-state index contributed by atoms with van der Waals surface area (Å²) in [7, 11) is 3.27. The fraction of sp³-hybridized carbons (Fsp3) is 0.536. The quantitative estimate of drug-likeness (QED) is 0.345. The highest BCUT2D eigenvalue weighted by molar-refractivity contribution is 6.43. The number of fused-ring (bicyclic) bond motifs is 4. The number of hydrogen-bond donors (Lipinski definition) is 1. The Morgan fingerprint density at radius 3 is 2.74 bits per heavy atom. The van der Waals surface area contributed by atoms with Crippen LogP contribution in [0.1, 0.15) is 51.7 Å². The lowest BCUT2D eigenvalue weighted by Crippen LogP contribution is -2.39. The Morgan fingerprint density at radius 2 is 2.00 bits per heavy atom. The molecule has 4 aromatic rings. The van der Waals surface area contributed by atoms with Crippen LogP contribution in [0.3, 0.4) is 0 Å². The van der Waals surface area contributed by atoms with E-state index in [0.717, 1.165) is 32.1 Å². The van der Waals surface area contributed by atoms with Gasteiger partial charge in [0.05, 0.1) is 22.0 Å². The second kappa shape index (κ2) is 10.4. The van der Waals surface area contributed by atoms with E-state index in [9.17, 15) is 9.59 Å². The van der Waals surface area contributed by atoms with Crippen LogP contribution in [0, 0.1) is 0 Å². The number of amides is 1. The van der Waals surface area contributed by atoms with E-state index in [1.165, 1.54) is 0 Å². The number of anilines is 1. The predicted molar refractivity (Wildman–Crippen MR) is 159 cm³/mol. The summed E-state index contributed by atoms with van der Waals surface area (Å²) in [6, 6.07) is 3.71. The first kappa shape index (κ1) is 27.5. The van der Waals surface area contributed by atoms with Crippen LogP contribution >= 0.6 is 23.2 Å². The van der Waals surface area contributed by atoms with E-state index in [2.05, 4.69) is 15.3 Å². The number of aryl methyl sites for hydroxylation is 1. The van der Waals surface area contributed by atoms with Gasteiger partial charge >= 0.3 is 6.09 Å². The van der Waals surface area contributed by atoms with Crippen LogP contribution in [0.15, 0.2) is 16.9 Å². The van der Waals surface area contributed by atoms with Gasteiger partial charge in [-0.3, -0.25) is 14.0 Å². The summed E-state index contributed by atoms with van der Waals surface area (Å²) in [5.41, 5.74) is 1.87. The van der Waals surface area contributed by atoms with Gasteiger partial charge < -0.3 is 19.7 Å². The summed E-state index contributed by atoms with van der Waals surface area (Å²) in [5, 5.41) is 13.8. The summed E-state index contributed by atoms with van der Waals surface area (Å²) in [6.45, 7) is 3.15. The van der Waals surface area contributed by atoms with E-state index >= 15 is 0 Å². The standard InChI is InChI=1S/C28H32Cl2N8O4/c1-4-36-24(30)20-16(33-36)10-9-15(22(20)29)23-21-25(38(34-23)19-7-5-6-12-41-19)32-27(35(3)26(21)39)37-14-8-11-17(37)18(13-14)42-28(40)31-2/h9-10,14,17-19H,4-8,11-13H2,1-3H3,(H,31,40)/t14-,17+,18+,19?/m0/s1. The highest BCUT2D eigenvalue weighted by atomic mass is 35.5. The molecule has 3 aromatic heterocycles. The van der Waals surface area contributed by atoms with Gasteiger partial charge in [0.15, 0.2) is 11.9 Å². The minimum atomic E-state index is -0.458. The monoisotopic (exact) mass is 614 g/mol. The van der Waals surface area contributed by atoms with Gasteiger partial charge in [0.2, 0.25) is 5.95 Å². The normalized spacial score (nSPS) is 23.8. The molecule has 12 nitrogen and oxygen atoms in total. The molecule has 7 rings (SSSR count). The van der Waals surface area contributed by atoms with Crippen LogP contribution in [0.5, 0.6) is 0 Å². The third-order valence-electron chi connectivity index (χ3n) is 8.85. The van der Waals surface area contributed by atoms with Gasteiger partial charge in [-0.1, -0.05) is 23.2 Å². The number of nitrogens with one attached hydrogen (secondary N) is 1. The number of carbonyl (C=O) groups excluding carboxylic acids is 1. The number of halogens is 2. The number of ether oxygens (including phenoxy) is 2. The Morgan fingerprint density at radius 1 is 1.17 bits per heavy atom. The van der Waals surface area contributed by atoms with Crippen LogP contribution in [0.2, 0.25) is 10.2 Å². The maximum Gasteiger partial charge on any atom is 0.407 e. The molecule has 42 heavy (non-hydrogen) atoms. The zero-order valence-corrected chi connectivity index (χ0v) is 25.2. The first-order valence-corrected chi connectivity index (χ1v) is 15.2. The molecule has 3 aliphatic heterocycles. The van der Waals surface area contributed by atoms with Crippen LogP contribution in [0.25, 0.3) is 33.2 Å². The van der Waals surface area contributed by atoms with Crippen molar-refractivity contribution in [1.29, 1.82) is 0 Å². The molecule has 2 bridgehead atoms. The molecular formula is C28H32Cl2N8O4. The molecule has 0 aliphatic carbocycles. The fourth-order valence-corrected chi connectivity index (χ4v) is 7.54. The maximum absolute atomic E-state index is 14.2. The molecule has 1 amide bonds. The van der Waals surface area contributed by atoms with E-state index in [-0.39, 0.29) is 30.0 Å². The lowest BCUT2D eigenvalue weighted by molar-refractivity contribution is -0.0368. The molecule has 0 saturated carbocycles. The molecule has 4 atom stereocenters. The number of carbonyl (C=O) groups is 1. The summed E-state index contributed by atoms with van der Waals surface area (Å²) in [4.78, 5) is 33.5. The van der Waals surface area contributed by atoms with Gasteiger partial charge in [-0.25, -0.2) is 9.48 Å². The second-order valence-electron chi connectivity index (χ2n) is 11.2. The molecule has 0 radical (unpaired) electrons. The van der Waals surface area contributed by atoms with E-state index in [1.807, 2.05) is 19.1 Å². The molecule has 1 aromatic carbocycles. The Balaban J connectivity index is 1.41. The van der Waals surface area contributed by atoms with E-state index in [1.54, 1.807) is 28.0 Å². The summed E-state index contributed by atoms with van der Waals surface area (Å²) in [6.07, 6.45) is 4.06. The van der Waals surface area contributed by atoms with Gasteiger partial charge in [-0.2, -0.15) is 15.2 Å². The average Bonchev–Trinajstić information content (AvgIpc) is 3.75. The lowest BCUT2D eigenvalue weighted by atomic mass is 9.98. The Bertz CT molecular complexity index is 1780. The fourth-order valence-electron chi connectivity index (χ4n) is 6.80. The molecule has 222 valence electrons. The maximum atomic E-state index is 14.2. The van der Waals surface area contributed by atoms with Gasteiger partial charge in [-0.05, 0) is 51.2 Å². The summed E-state index contributed by atoms with van der Waals surface area (Å²) >= 11 is 13.6. The van der Waals surface area contributed by atoms with Crippen LogP contribution in [0.4, 0.5) is 10.7 Å². The molecule has 0 spiro atoms. The lowest BCUT2D eigenvalue weighted by Gasteiger charge is -2.27. The molecule has 3 saturated heterocycles. The number of rotatable bonds is 5. The van der Waals surface area contributed by atoms with E-state index in [4.69, 9.17) is 42.8 Å².